The fourth-order valence-electron chi connectivity index (χ4n) is 3.90. The molecule has 2 aliphatic rings. The number of carbonyl (C=O) groups is 3. The average molecular weight is 614 g/mol. The topological polar surface area (TPSA) is 171 Å². The van der Waals surface area contributed by atoms with Crippen LogP contribution >= 0.6 is 34.6 Å². The fourth-order valence-corrected chi connectivity index (χ4v) is 6.19. The number of nitrogen functional groups attached to an aromatic ring is 1. The minimum absolute atomic E-state index is 0.00326. The Balaban J connectivity index is 1.25. The standard InChI is InChI=1S/C25H23N7O6S3/c1-36-18-6-2-14(3-7-18)9-37-24(35)21-15(4-5-16-13-41-31-30-16)11-39-23-20(22(34)32(21)23)29-19(33)8-27-38-10-17-12-40-25(26)28-17/h2-8,12-13,20,23H,9-11H2,1H3,(H2,26,28)(H,29,33)/b5-4-,27-8-. The van der Waals surface area contributed by atoms with Gasteiger partial charge in [-0.3, -0.25) is 14.5 Å². The van der Waals surface area contributed by atoms with Crippen LogP contribution in [-0.2, 0) is 37.2 Å². The van der Waals surface area contributed by atoms with Crippen LogP contribution in [0.15, 0.2) is 57.5 Å². The molecule has 2 atom stereocenters. The lowest BCUT2D eigenvalue weighted by molar-refractivity contribution is -0.153. The van der Waals surface area contributed by atoms with Crippen molar-refractivity contribution in [2.45, 2.75) is 24.6 Å². The van der Waals surface area contributed by atoms with E-state index in [-0.39, 0.29) is 18.9 Å². The van der Waals surface area contributed by atoms with Crippen molar-refractivity contribution in [3.8, 4) is 5.75 Å². The maximum absolute atomic E-state index is 13.3. The summed E-state index contributed by atoms with van der Waals surface area (Å²) in [5, 5.41) is 13.6. The number of carbonyl (C=O) groups excluding carboxylic acids is 3. The van der Waals surface area contributed by atoms with Crippen LogP contribution < -0.4 is 15.8 Å². The molecule has 4 heterocycles. The Hall–Kier alpha value is -4.28. The first-order valence-corrected chi connectivity index (χ1v) is 14.8. The van der Waals surface area contributed by atoms with Gasteiger partial charge in [0.2, 0.25) is 0 Å². The SMILES string of the molecule is COc1ccc(COC(=O)C2=C(/C=C\c3csnn3)CSC3C(NC(=O)/C=N\OCc4csc(N)n4)C(=O)N23)cc1. The Bertz CT molecular complexity index is 1500. The first-order chi connectivity index (χ1) is 19.9. The van der Waals surface area contributed by atoms with Gasteiger partial charge in [-0.2, -0.15) is 0 Å². The van der Waals surface area contributed by atoms with Crippen molar-refractivity contribution in [2.75, 3.05) is 18.6 Å². The third-order valence-corrected chi connectivity index (χ3v) is 8.42. The number of anilines is 1. The molecule has 2 aromatic heterocycles. The molecule has 0 aliphatic carbocycles. The molecule has 0 spiro atoms. The molecule has 41 heavy (non-hydrogen) atoms. The van der Waals surface area contributed by atoms with Crippen molar-refractivity contribution in [1.29, 1.82) is 0 Å². The van der Waals surface area contributed by atoms with E-state index in [1.54, 1.807) is 54.3 Å². The number of ether oxygens (including phenoxy) is 2. The largest absolute Gasteiger partial charge is 0.497 e. The molecular formula is C25H23N7O6S3. The minimum atomic E-state index is -0.852. The van der Waals surface area contributed by atoms with Gasteiger partial charge in [-0.25, -0.2) is 9.78 Å². The van der Waals surface area contributed by atoms with Gasteiger partial charge in [0.05, 0.1) is 18.5 Å². The van der Waals surface area contributed by atoms with E-state index in [2.05, 4.69) is 25.0 Å². The third-order valence-electron chi connectivity index (χ3n) is 5.88. The molecule has 212 valence electrons. The molecule has 2 unspecified atom stereocenters. The second kappa shape index (κ2) is 12.9. The summed E-state index contributed by atoms with van der Waals surface area (Å²) >= 11 is 3.88. The molecule has 0 radical (unpaired) electrons. The van der Waals surface area contributed by atoms with Gasteiger partial charge < -0.3 is 25.4 Å². The molecule has 5 rings (SSSR count). The van der Waals surface area contributed by atoms with Gasteiger partial charge >= 0.3 is 5.97 Å². The van der Waals surface area contributed by atoms with E-state index >= 15 is 0 Å². The van der Waals surface area contributed by atoms with Gasteiger partial charge in [0, 0.05) is 16.5 Å². The van der Waals surface area contributed by atoms with Crippen LogP contribution in [0.3, 0.4) is 0 Å². The molecule has 0 bridgehead atoms. The Labute approximate surface area is 246 Å². The molecule has 2 amide bonds. The van der Waals surface area contributed by atoms with Crippen molar-refractivity contribution in [3.63, 3.8) is 0 Å². The van der Waals surface area contributed by atoms with E-state index < -0.39 is 29.2 Å². The van der Waals surface area contributed by atoms with Crippen LogP contribution in [0.25, 0.3) is 6.08 Å². The second-order valence-corrected chi connectivity index (χ2v) is 11.1. The number of methoxy groups -OCH3 is 1. The number of fused-ring (bicyclic) bond motifs is 1. The summed E-state index contributed by atoms with van der Waals surface area (Å²) in [4.78, 5) is 49.4. The van der Waals surface area contributed by atoms with Crippen LogP contribution in [-0.4, -0.2) is 67.7 Å². The summed E-state index contributed by atoms with van der Waals surface area (Å²) in [6.07, 6.45) is 4.38. The highest BCUT2D eigenvalue weighted by Gasteiger charge is 2.54. The van der Waals surface area contributed by atoms with Crippen molar-refractivity contribution >= 4 is 69.8 Å². The molecule has 0 saturated carbocycles. The van der Waals surface area contributed by atoms with E-state index in [0.717, 1.165) is 11.8 Å². The lowest BCUT2D eigenvalue weighted by Gasteiger charge is -2.49. The number of nitrogens with zero attached hydrogens (tertiary/aromatic N) is 5. The molecule has 1 saturated heterocycles. The van der Waals surface area contributed by atoms with Gasteiger partial charge in [0.15, 0.2) is 11.7 Å². The first-order valence-electron chi connectivity index (χ1n) is 12.0. The van der Waals surface area contributed by atoms with Gasteiger partial charge in [0.25, 0.3) is 11.8 Å². The number of nitrogens with one attached hydrogen (secondary N) is 1. The number of thiazole rings is 1. The number of hydrogen-bond donors (Lipinski definition) is 2. The molecule has 13 nitrogen and oxygen atoms in total. The molecule has 3 N–H and O–H groups in total. The highest BCUT2D eigenvalue weighted by atomic mass is 32.2. The number of rotatable bonds is 11. The van der Waals surface area contributed by atoms with Crippen molar-refractivity contribution in [2.24, 2.45) is 5.16 Å². The highest BCUT2D eigenvalue weighted by molar-refractivity contribution is 8.00. The van der Waals surface area contributed by atoms with Crippen molar-refractivity contribution in [1.82, 2.24) is 24.8 Å². The fraction of sp³-hybridized carbons (Fsp3) is 0.240. The summed E-state index contributed by atoms with van der Waals surface area (Å²) in [5.41, 5.74) is 8.25. The average Bonchev–Trinajstić information content (AvgIpc) is 3.67. The van der Waals surface area contributed by atoms with Crippen molar-refractivity contribution < 1.29 is 28.7 Å². The maximum Gasteiger partial charge on any atom is 0.355 e. The van der Waals surface area contributed by atoms with E-state index in [1.165, 1.54) is 39.5 Å². The van der Waals surface area contributed by atoms with Crippen LogP contribution in [0, 0.1) is 0 Å². The highest BCUT2D eigenvalue weighted by Crippen LogP contribution is 2.41. The summed E-state index contributed by atoms with van der Waals surface area (Å²) in [5.74, 6) is -0.635. The Kier molecular flexibility index (Phi) is 8.91. The number of allylic oxidation sites excluding steroid dienone is 1. The summed E-state index contributed by atoms with van der Waals surface area (Å²) in [6, 6.07) is 6.25. The zero-order chi connectivity index (χ0) is 28.8. The Morgan fingerprint density at radius 3 is 2.76 bits per heavy atom. The summed E-state index contributed by atoms with van der Waals surface area (Å²) in [6.45, 7) is 0.0510. The molecular weight excluding hydrogens is 591 g/mol. The number of amides is 2. The van der Waals surface area contributed by atoms with E-state index in [4.69, 9.17) is 20.0 Å². The number of benzene rings is 1. The predicted octanol–water partition coefficient (Wildman–Crippen LogP) is 2.20. The number of thioether (sulfide) groups is 1. The number of oxime groups is 1. The predicted molar refractivity (Wildman–Crippen MR) is 154 cm³/mol. The van der Waals surface area contributed by atoms with Gasteiger partial charge in [-0.1, -0.05) is 27.9 Å². The van der Waals surface area contributed by atoms with E-state index in [0.29, 0.717) is 33.6 Å². The maximum atomic E-state index is 13.3. The number of β-lactam (4-membered cyclic amide) rings is 1. The number of aromatic nitrogens is 3. The molecule has 1 fully saturated rings. The van der Waals surface area contributed by atoms with Crippen LogP contribution in [0.1, 0.15) is 17.0 Å². The number of esters is 1. The molecule has 3 aromatic rings. The van der Waals surface area contributed by atoms with Crippen LogP contribution in [0.2, 0.25) is 0 Å². The molecule has 1 aromatic carbocycles. The van der Waals surface area contributed by atoms with E-state index in [1.807, 2.05) is 0 Å². The molecule has 2 aliphatic heterocycles. The summed E-state index contributed by atoms with van der Waals surface area (Å²) < 4.78 is 14.6. The van der Waals surface area contributed by atoms with Crippen LogP contribution in [0.5, 0.6) is 5.75 Å². The normalized spacial score (nSPS) is 18.4. The lowest BCUT2D eigenvalue weighted by atomic mass is 10.0. The quantitative estimate of drug-likeness (QED) is 0.141. The Morgan fingerprint density at radius 1 is 1.22 bits per heavy atom. The first kappa shape index (κ1) is 28.3. The van der Waals surface area contributed by atoms with Gasteiger partial charge in [-0.05, 0) is 40.9 Å². The second-order valence-electron chi connectivity index (χ2n) is 8.54. The zero-order valence-corrected chi connectivity index (χ0v) is 23.9. The van der Waals surface area contributed by atoms with E-state index in [9.17, 15) is 14.4 Å². The smallest absolute Gasteiger partial charge is 0.355 e. The van der Waals surface area contributed by atoms with Crippen LogP contribution in [0.4, 0.5) is 5.13 Å². The minimum Gasteiger partial charge on any atom is -0.497 e. The number of nitrogens with two attached hydrogens (primary N) is 1. The van der Waals surface area contributed by atoms with Gasteiger partial charge in [0.1, 0.15) is 35.7 Å². The monoisotopic (exact) mass is 613 g/mol. The molecule has 16 heteroatoms. The third kappa shape index (κ3) is 6.72. The lowest BCUT2D eigenvalue weighted by Crippen LogP contribution is -2.70. The number of hydrogen-bond acceptors (Lipinski definition) is 14. The zero-order valence-electron chi connectivity index (χ0n) is 21.5. The Morgan fingerprint density at radius 2 is 2.05 bits per heavy atom. The van der Waals surface area contributed by atoms with Crippen molar-refractivity contribution in [3.05, 3.63) is 69.3 Å². The summed E-state index contributed by atoms with van der Waals surface area (Å²) in [7, 11) is 1.57. The van der Waals surface area contributed by atoms with Gasteiger partial charge in [-0.15, -0.1) is 28.2 Å².